The maximum atomic E-state index is 11.6. The van der Waals surface area contributed by atoms with Gasteiger partial charge < -0.3 is 10.6 Å². The number of nitrogens with zero attached hydrogens (tertiary/aromatic N) is 4. The molecule has 3 aromatic rings. The van der Waals surface area contributed by atoms with Crippen molar-refractivity contribution in [1.82, 2.24) is 15.0 Å². The summed E-state index contributed by atoms with van der Waals surface area (Å²) in [6.45, 7) is 0. The van der Waals surface area contributed by atoms with Gasteiger partial charge in [-0.05, 0) is 59.0 Å². The molecule has 8 nitrogen and oxygen atoms in total. The summed E-state index contributed by atoms with van der Waals surface area (Å²) in [5.41, 5.74) is 0.791. The number of hydrogen-bond acceptors (Lipinski definition) is 7. The first-order valence-electron chi connectivity index (χ1n) is 6.94. The quantitative estimate of drug-likeness (QED) is 0.245. The van der Waals surface area contributed by atoms with Gasteiger partial charge in [-0.15, -0.1) is 0 Å². The van der Waals surface area contributed by atoms with E-state index < -0.39 is 4.92 Å². The standard InChI is InChI=1S/C15H10ClIN6O2/c16-13-11(2-1-7-18-13)22-15-12(23(24)25)14(19-8-20-15)21-10-5-3-9(17)4-6-10/h1-8H,(H2,19,20,21,22). The van der Waals surface area contributed by atoms with Gasteiger partial charge in [-0.25, -0.2) is 15.0 Å². The fraction of sp³-hybridized carbons (Fsp3) is 0. The Kier molecular flexibility index (Phi) is 5.24. The van der Waals surface area contributed by atoms with Gasteiger partial charge >= 0.3 is 5.69 Å². The van der Waals surface area contributed by atoms with Gasteiger partial charge in [-0.2, -0.15) is 0 Å². The van der Waals surface area contributed by atoms with Crippen molar-refractivity contribution in [2.75, 3.05) is 10.6 Å². The zero-order chi connectivity index (χ0) is 17.8. The highest BCUT2D eigenvalue weighted by Gasteiger charge is 2.24. The Morgan fingerprint density at radius 3 is 2.36 bits per heavy atom. The first-order valence-corrected chi connectivity index (χ1v) is 8.40. The number of nitro groups is 1. The van der Waals surface area contributed by atoms with Gasteiger partial charge in [0.25, 0.3) is 0 Å². The number of rotatable bonds is 5. The topological polar surface area (TPSA) is 106 Å². The lowest BCUT2D eigenvalue weighted by molar-refractivity contribution is -0.383. The Morgan fingerprint density at radius 2 is 1.72 bits per heavy atom. The van der Waals surface area contributed by atoms with Gasteiger partial charge in [-0.1, -0.05) is 11.6 Å². The predicted octanol–water partition coefficient (Wildman–Crippen LogP) is 4.53. The molecule has 0 spiro atoms. The third-order valence-electron chi connectivity index (χ3n) is 3.12. The molecule has 0 unspecified atom stereocenters. The zero-order valence-electron chi connectivity index (χ0n) is 12.5. The molecule has 2 heterocycles. The maximum Gasteiger partial charge on any atom is 0.353 e. The van der Waals surface area contributed by atoms with Crippen molar-refractivity contribution in [3.8, 4) is 0 Å². The lowest BCUT2D eigenvalue weighted by Gasteiger charge is -2.10. The highest BCUT2D eigenvalue weighted by molar-refractivity contribution is 14.1. The molecule has 0 saturated carbocycles. The zero-order valence-corrected chi connectivity index (χ0v) is 15.4. The first-order chi connectivity index (χ1) is 12.0. The van der Waals surface area contributed by atoms with Crippen LogP contribution in [-0.2, 0) is 0 Å². The average Bonchev–Trinajstić information content (AvgIpc) is 2.59. The van der Waals surface area contributed by atoms with E-state index in [1.165, 1.54) is 12.5 Å². The molecular formula is C15H10ClIN6O2. The molecule has 0 radical (unpaired) electrons. The molecule has 0 aliphatic rings. The van der Waals surface area contributed by atoms with Gasteiger partial charge in [0.2, 0.25) is 11.6 Å². The Morgan fingerprint density at radius 1 is 1.04 bits per heavy atom. The molecule has 0 aliphatic carbocycles. The molecule has 0 fully saturated rings. The van der Waals surface area contributed by atoms with Gasteiger partial charge in [0.15, 0.2) is 5.15 Å². The molecule has 2 aromatic heterocycles. The van der Waals surface area contributed by atoms with Gasteiger partial charge in [0.1, 0.15) is 6.33 Å². The van der Waals surface area contributed by atoms with E-state index in [4.69, 9.17) is 11.6 Å². The van der Waals surface area contributed by atoms with Crippen molar-refractivity contribution >= 4 is 62.9 Å². The van der Waals surface area contributed by atoms with Gasteiger partial charge in [0, 0.05) is 15.5 Å². The number of benzene rings is 1. The molecule has 0 atom stereocenters. The SMILES string of the molecule is O=[N+]([O-])c1c(Nc2ccc(I)cc2)ncnc1Nc1cccnc1Cl. The van der Waals surface area contributed by atoms with Crippen LogP contribution in [0.15, 0.2) is 48.9 Å². The molecular weight excluding hydrogens is 459 g/mol. The summed E-state index contributed by atoms with van der Waals surface area (Å²) in [6.07, 6.45) is 2.75. The van der Waals surface area contributed by atoms with E-state index in [0.717, 1.165) is 3.57 Å². The Balaban J connectivity index is 1.98. The molecule has 1 aromatic carbocycles. The van der Waals surface area contributed by atoms with Crippen LogP contribution < -0.4 is 10.6 Å². The summed E-state index contributed by atoms with van der Waals surface area (Å²) in [5, 5.41) is 17.5. The monoisotopic (exact) mass is 468 g/mol. The summed E-state index contributed by atoms with van der Waals surface area (Å²) in [5.74, 6) is 0.0895. The highest BCUT2D eigenvalue weighted by Crippen LogP contribution is 2.34. The molecule has 2 N–H and O–H groups in total. The normalized spacial score (nSPS) is 10.3. The molecule has 3 rings (SSSR count). The molecule has 10 heteroatoms. The highest BCUT2D eigenvalue weighted by atomic mass is 127. The van der Waals surface area contributed by atoms with Crippen molar-refractivity contribution < 1.29 is 4.92 Å². The fourth-order valence-electron chi connectivity index (χ4n) is 2.01. The Hall–Kier alpha value is -2.53. The number of hydrogen-bond donors (Lipinski definition) is 2. The van der Waals surface area contributed by atoms with Crippen LogP contribution in [0, 0.1) is 13.7 Å². The minimum Gasteiger partial charge on any atom is -0.334 e. The largest absolute Gasteiger partial charge is 0.353 e. The predicted molar refractivity (Wildman–Crippen MR) is 104 cm³/mol. The van der Waals surface area contributed by atoms with Gasteiger partial charge in [0.05, 0.1) is 10.6 Å². The molecule has 0 aliphatic heterocycles. The van der Waals surface area contributed by atoms with Crippen LogP contribution in [-0.4, -0.2) is 19.9 Å². The van der Waals surface area contributed by atoms with Crippen LogP contribution in [0.25, 0.3) is 0 Å². The summed E-state index contributed by atoms with van der Waals surface area (Å²) in [4.78, 5) is 22.9. The van der Waals surface area contributed by atoms with Crippen LogP contribution in [0.2, 0.25) is 5.15 Å². The Labute approximate surface area is 161 Å². The number of anilines is 4. The van der Waals surface area contributed by atoms with Crippen LogP contribution in [0.5, 0.6) is 0 Å². The van der Waals surface area contributed by atoms with Crippen molar-refractivity contribution in [2.45, 2.75) is 0 Å². The van der Waals surface area contributed by atoms with Crippen molar-refractivity contribution in [2.24, 2.45) is 0 Å². The van der Waals surface area contributed by atoms with Crippen molar-refractivity contribution in [3.63, 3.8) is 0 Å². The summed E-state index contributed by atoms with van der Waals surface area (Å²) >= 11 is 8.16. The van der Waals surface area contributed by atoms with Crippen molar-refractivity contribution in [3.05, 3.63) is 67.8 Å². The third kappa shape index (κ3) is 4.12. The summed E-state index contributed by atoms with van der Waals surface area (Å²) in [6, 6.07) is 10.7. The van der Waals surface area contributed by atoms with E-state index in [1.807, 2.05) is 12.1 Å². The van der Waals surface area contributed by atoms with Crippen LogP contribution in [0.3, 0.4) is 0 Å². The van der Waals surface area contributed by atoms with E-state index in [2.05, 4.69) is 48.2 Å². The molecule has 25 heavy (non-hydrogen) atoms. The summed E-state index contributed by atoms with van der Waals surface area (Å²) < 4.78 is 1.05. The van der Waals surface area contributed by atoms with Crippen LogP contribution in [0.4, 0.5) is 28.7 Å². The second kappa shape index (κ2) is 7.57. The smallest absolute Gasteiger partial charge is 0.334 e. The molecule has 0 saturated heterocycles. The number of pyridine rings is 1. The van der Waals surface area contributed by atoms with Crippen molar-refractivity contribution in [1.29, 1.82) is 0 Å². The molecule has 0 amide bonds. The van der Waals surface area contributed by atoms with E-state index in [9.17, 15) is 10.1 Å². The molecule has 126 valence electrons. The van der Waals surface area contributed by atoms with E-state index >= 15 is 0 Å². The van der Waals surface area contributed by atoms with E-state index in [0.29, 0.717) is 11.4 Å². The number of aromatic nitrogens is 3. The number of halogens is 2. The van der Waals surface area contributed by atoms with E-state index in [-0.39, 0.29) is 22.5 Å². The average molecular weight is 469 g/mol. The lowest BCUT2D eigenvalue weighted by atomic mass is 10.3. The lowest BCUT2D eigenvalue weighted by Crippen LogP contribution is -2.06. The molecule has 0 bridgehead atoms. The number of nitrogens with one attached hydrogen (secondary N) is 2. The minimum absolute atomic E-state index is 0.0166. The maximum absolute atomic E-state index is 11.6. The second-order valence-electron chi connectivity index (χ2n) is 4.78. The second-order valence-corrected chi connectivity index (χ2v) is 6.38. The Bertz CT molecular complexity index is 922. The third-order valence-corrected chi connectivity index (χ3v) is 4.14. The summed E-state index contributed by atoms with van der Waals surface area (Å²) in [7, 11) is 0. The minimum atomic E-state index is -0.554. The first kappa shape index (κ1) is 17.3. The van der Waals surface area contributed by atoms with Crippen LogP contribution >= 0.6 is 34.2 Å². The van der Waals surface area contributed by atoms with Crippen LogP contribution in [0.1, 0.15) is 0 Å². The fourth-order valence-corrected chi connectivity index (χ4v) is 2.54. The van der Waals surface area contributed by atoms with Gasteiger partial charge in [-0.3, -0.25) is 10.1 Å². The van der Waals surface area contributed by atoms with E-state index in [1.54, 1.807) is 24.3 Å².